The Morgan fingerprint density at radius 3 is 2.83 bits per heavy atom. The molecule has 0 aliphatic carbocycles. The minimum atomic E-state index is -0.802. The van der Waals surface area contributed by atoms with E-state index >= 15 is 0 Å². The van der Waals surface area contributed by atoms with Crippen LogP contribution < -0.4 is 24.4 Å². The van der Waals surface area contributed by atoms with Gasteiger partial charge in [0, 0.05) is 23.8 Å². The van der Waals surface area contributed by atoms with Crippen LogP contribution in [0.25, 0.3) is 17.4 Å². The molecule has 0 bridgehead atoms. The van der Waals surface area contributed by atoms with Gasteiger partial charge in [0.05, 0.1) is 33.4 Å². The average Bonchev–Trinajstić information content (AvgIpc) is 3.67. The van der Waals surface area contributed by atoms with Crippen molar-refractivity contribution in [2.45, 2.75) is 19.9 Å². The van der Waals surface area contributed by atoms with Crippen molar-refractivity contribution in [3.8, 4) is 22.8 Å². The lowest BCUT2D eigenvalue weighted by atomic mass is 9.95. The minimum absolute atomic E-state index is 0.0555. The van der Waals surface area contributed by atoms with Crippen LogP contribution in [0.2, 0.25) is 0 Å². The van der Waals surface area contributed by atoms with E-state index in [0.29, 0.717) is 49.2 Å². The van der Waals surface area contributed by atoms with Gasteiger partial charge < -0.3 is 18.6 Å². The molecule has 1 atom stereocenters. The van der Waals surface area contributed by atoms with Crippen LogP contribution >= 0.6 is 11.3 Å². The fraction of sp³-hybridized carbons (Fsp3) is 0.179. The molecule has 0 radical (unpaired) electrons. The number of fused-ring (bicyclic) bond motifs is 2. The number of ether oxygens (including phenoxy) is 3. The molecular formula is C28H21N3O8S. The van der Waals surface area contributed by atoms with Gasteiger partial charge in [-0.05, 0) is 43.7 Å². The molecule has 0 saturated heterocycles. The summed E-state index contributed by atoms with van der Waals surface area (Å²) >= 11 is 1.16. The molecule has 0 amide bonds. The second-order valence-corrected chi connectivity index (χ2v) is 9.93. The molecule has 2 aromatic carbocycles. The van der Waals surface area contributed by atoms with E-state index in [-0.39, 0.29) is 30.2 Å². The second kappa shape index (κ2) is 9.97. The topological polar surface area (TPSA) is 135 Å². The Bertz CT molecular complexity index is 1900. The number of nitro groups is 1. The Morgan fingerprint density at radius 2 is 2.02 bits per heavy atom. The molecule has 202 valence electrons. The van der Waals surface area contributed by atoms with Crippen LogP contribution in [-0.2, 0) is 9.53 Å². The maximum Gasteiger partial charge on any atom is 0.338 e. The number of non-ortho nitro benzene ring substituents is 1. The van der Waals surface area contributed by atoms with Gasteiger partial charge >= 0.3 is 5.97 Å². The quantitative estimate of drug-likeness (QED) is 0.198. The van der Waals surface area contributed by atoms with Gasteiger partial charge in [-0.25, -0.2) is 9.79 Å². The van der Waals surface area contributed by atoms with E-state index in [9.17, 15) is 19.7 Å². The predicted molar refractivity (Wildman–Crippen MR) is 144 cm³/mol. The van der Waals surface area contributed by atoms with Crippen molar-refractivity contribution in [2.75, 3.05) is 13.4 Å². The third-order valence-electron chi connectivity index (χ3n) is 6.47. The molecule has 4 heterocycles. The number of rotatable bonds is 6. The first-order valence-electron chi connectivity index (χ1n) is 12.3. The number of esters is 1. The van der Waals surface area contributed by atoms with E-state index in [1.54, 1.807) is 62.4 Å². The lowest BCUT2D eigenvalue weighted by Crippen LogP contribution is -2.39. The zero-order valence-corrected chi connectivity index (χ0v) is 22.1. The van der Waals surface area contributed by atoms with E-state index < -0.39 is 16.9 Å². The molecule has 2 aromatic heterocycles. The van der Waals surface area contributed by atoms with Crippen LogP contribution in [0.3, 0.4) is 0 Å². The molecule has 1 unspecified atom stereocenters. The van der Waals surface area contributed by atoms with Crippen molar-refractivity contribution in [1.29, 1.82) is 0 Å². The Morgan fingerprint density at radius 1 is 1.20 bits per heavy atom. The number of nitro benzene ring substituents is 1. The normalized spacial score (nSPS) is 16.1. The van der Waals surface area contributed by atoms with E-state index in [4.69, 9.17) is 18.6 Å². The molecule has 40 heavy (non-hydrogen) atoms. The molecule has 2 aliphatic heterocycles. The summed E-state index contributed by atoms with van der Waals surface area (Å²) < 4.78 is 24.0. The molecule has 4 aromatic rings. The molecule has 6 rings (SSSR count). The first-order chi connectivity index (χ1) is 19.3. The SMILES string of the molecule is CCOC(=O)C1=C(C)N=c2s/c(=C\c3ccc(-c4cccc([N+](=O)[O-])c4)o3)c(=O)n2C1c1ccc2c(c1)OCO2. The van der Waals surface area contributed by atoms with Crippen LogP contribution in [0.1, 0.15) is 31.2 Å². The average molecular weight is 560 g/mol. The van der Waals surface area contributed by atoms with Crippen molar-refractivity contribution in [2.24, 2.45) is 4.99 Å². The number of carbonyl (C=O) groups excluding carboxylic acids is 1. The Labute approximate surface area is 230 Å². The first-order valence-corrected chi connectivity index (χ1v) is 13.1. The van der Waals surface area contributed by atoms with Crippen LogP contribution in [0.5, 0.6) is 11.5 Å². The molecular weight excluding hydrogens is 538 g/mol. The third-order valence-corrected chi connectivity index (χ3v) is 7.45. The maximum absolute atomic E-state index is 13.8. The second-order valence-electron chi connectivity index (χ2n) is 8.92. The molecule has 0 saturated carbocycles. The summed E-state index contributed by atoms with van der Waals surface area (Å²) in [4.78, 5) is 42.5. The Balaban J connectivity index is 1.46. The highest BCUT2D eigenvalue weighted by Crippen LogP contribution is 2.38. The van der Waals surface area contributed by atoms with Gasteiger partial charge in [0.1, 0.15) is 11.5 Å². The minimum Gasteiger partial charge on any atom is -0.463 e. The summed E-state index contributed by atoms with van der Waals surface area (Å²) in [5, 5.41) is 11.2. The first kappa shape index (κ1) is 25.3. The predicted octanol–water partition coefficient (Wildman–Crippen LogP) is 3.70. The molecule has 2 aliphatic rings. The van der Waals surface area contributed by atoms with E-state index in [0.717, 1.165) is 11.3 Å². The van der Waals surface area contributed by atoms with E-state index in [2.05, 4.69) is 4.99 Å². The van der Waals surface area contributed by atoms with Crippen LogP contribution in [-0.4, -0.2) is 28.9 Å². The number of hydrogen-bond donors (Lipinski definition) is 0. The molecule has 0 fully saturated rings. The Kier molecular flexibility index (Phi) is 6.31. The number of allylic oxidation sites excluding steroid dienone is 1. The molecule has 11 nitrogen and oxygen atoms in total. The van der Waals surface area contributed by atoms with Gasteiger partial charge in [-0.15, -0.1) is 0 Å². The van der Waals surface area contributed by atoms with Gasteiger partial charge in [0.2, 0.25) is 6.79 Å². The van der Waals surface area contributed by atoms with Gasteiger partial charge in [0.25, 0.3) is 11.2 Å². The monoisotopic (exact) mass is 559 g/mol. The number of carbonyl (C=O) groups is 1. The fourth-order valence-corrected chi connectivity index (χ4v) is 5.70. The van der Waals surface area contributed by atoms with Crippen molar-refractivity contribution in [1.82, 2.24) is 4.57 Å². The molecule has 0 spiro atoms. The zero-order chi connectivity index (χ0) is 28.0. The van der Waals surface area contributed by atoms with Crippen molar-refractivity contribution < 1.29 is 28.3 Å². The maximum atomic E-state index is 13.8. The van der Waals surface area contributed by atoms with Crippen molar-refractivity contribution in [3.05, 3.63) is 107 Å². The summed E-state index contributed by atoms with van der Waals surface area (Å²) in [5.74, 6) is 1.33. The fourth-order valence-electron chi connectivity index (χ4n) is 4.68. The van der Waals surface area contributed by atoms with E-state index in [1.807, 2.05) is 0 Å². The largest absolute Gasteiger partial charge is 0.463 e. The number of hydrogen-bond acceptors (Lipinski definition) is 10. The van der Waals surface area contributed by atoms with Gasteiger partial charge in [-0.2, -0.15) is 0 Å². The number of benzene rings is 2. The van der Waals surface area contributed by atoms with Gasteiger partial charge in [-0.3, -0.25) is 19.5 Å². The lowest BCUT2D eigenvalue weighted by molar-refractivity contribution is -0.384. The van der Waals surface area contributed by atoms with Crippen molar-refractivity contribution >= 4 is 29.1 Å². The highest BCUT2D eigenvalue weighted by Gasteiger charge is 2.34. The summed E-state index contributed by atoms with van der Waals surface area (Å²) in [7, 11) is 0. The molecule has 12 heteroatoms. The smallest absolute Gasteiger partial charge is 0.338 e. The number of nitrogens with zero attached hydrogens (tertiary/aromatic N) is 3. The Hall–Kier alpha value is -4.97. The highest BCUT2D eigenvalue weighted by molar-refractivity contribution is 7.07. The third kappa shape index (κ3) is 4.37. The standard InChI is InChI=1S/C28H21N3O8S/c1-3-36-27(33)24-15(2)29-28-30(25(24)17-7-9-21-22(12-17)38-14-37-21)26(32)23(40-28)13-19-8-10-20(39-19)16-5-4-6-18(11-16)31(34)35/h4-13,25H,3,14H2,1-2H3/b23-13-. The van der Waals surface area contributed by atoms with Gasteiger partial charge in [0.15, 0.2) is 16.3 Å². The van der Waals surface area contributed by atoms with Crippen LogP contribution in [0, 0.1) is 10.1 Å². The highest BCUT2D eigenvalue weighted by atomic mass is 32.1. The van der Waals surface area contributed by atoms with E-state index in [1.165, 1.54) is 16.7 Å². The zero-order valence-electron chi connectivity index (χ0n) is 21.3. The van der Waals surface area contributed by atoms with Crippen molar-refractivity contribution in [3.63, 3.8) is 0 Å². The summed E-state index contributed by atoms with van der Waals surface area (Å²) in [6.07, 6.45) is 1.59. The summed E-state index contributed by atoms with van der Waals surface area (Å²) in [5.41, 5.74) is 1.45. The van der Waals surface area contributed by atoms with Gasteiger partial charge in [-0.1, -0.05) is 29.5 Å². The van der Waals surface area contributed by atoms with Crippen LogP contribution in [0.15, 0.2) is 80.1 Å². The molecule has 0 N–H and O–H groups in total. The summed E-state index contributed by atoms with van der Waals surface area (Å²) in [6, 6.07) is 13.9. The lowest BCUT2D eigenvalue weighted by Gasteiger charge is -2.24. The van der Waals surface area contributed by atoms with Crippen LogP contribution in [0.4, 0.5) is 5.69 Å². The number of furan rings is 1. The number of aromatic nitrogens is 1. The number of thiazole rings is 1. The summed E-state index contributed by atoms with van der Waals surface area (Å²) in [6.45, 7) is 3.67.